The van der Waals surface area contributed by atoms with Gasteiger partial charge in [-0.15, -0.1) is 0 Å². The molecule has 0 bridgehead atoms. The quantitative estimate of drug-likeness (QED) is 0.638. The number of nitrogens with one attached hydrogen (secondary N) is 1. The summed E-state index contributed by atoms with van der Waals surface area (Å²) in [6.07, 6.45) is 0. The fourth-order valence-corrected chi connectivity index (χ4v) is 1.30. The highest BCUT2D eigenvalue weighted by molar-refractivity contribution is 6.32. The molecule has 0 aliphatic rings. The number of hydrogen-bond acceptors (Lipinski definition) is 4. The van der Waals surface area contributed by atoms with Crippen LogP contribution in [0.3, 0.4) is 0 Å². The Kier molecular flexibility index (Phi) is 4.25. The van der Waals surface area contributed by atoms with Gasteiger partial charge in [-0.3, -0.25) is 4.79 Å². The van der Waals surface area contributed by atoms with Gasteiger partial charge in [-0.2, -0.15) is 0 Å². The van der Waals surface area contributed by atoms with Crippen molar-refractivity contribution in [2.45, 2.75) is 13.5 Å². The number of amides is 1. The smallest absolute Gasteiger partial charge is 0.341 e. The van der Waals surface area contributed by atoms with Crippen LogP contribution in [0, 0.1) is 0 Å². The molecule has 0 atom stereocenters. The Bertz CT molecular complexity index is 421. The third-order valence-electron chi connectivity index (χ3n) is 1.83. The van der Waals surface area contributed by atoms with Crippen molar-refractivity contribution >= 4 is 23.5 Å². The maximum absolute atomic E-state index is 11.2. The zero-order valence-electron chi connectivity index (χ0n) is 8.91. The summed E-state index contributed by atoms with van der Waals surface area (Å²) in [4.78, 5) is 25.8. The summed E-state index contributed by atoms with van der Waals surface area (Å²) in [5, 5.41) is 2.64. The number of halogens is 1. The molecule has 0 saturated carbocycles. The molecule has 0 saturated heterocycles. The Morgan fingerprint density at radius 3 is 2.69 bits per heavy atom. The number of nitrogens with zero attached hydrogens (tertiary/aromatic N) is 1. The molecule has 0 aliphatic carbocycles. The van der Waals surface area contributed by atoms with E-state index in [1.54, 1.807) is 6.07 Å². The van der Waals surface area contributed by atoms with E-state index in [1.807, 2.05) is 0 Å². The normalized spacial score (nSPS) is 9.69. The molecule has 86 valence electrons. The number of pyridine rings is 1. The van der Waals surface area contributed by atoms with Gasteiger partial charge in [0.15, 0.2) is 0 Å². The van der Waals surface area contributed by atoms with Crippen LogP contribution in [0.5, 0.6) is 0 Å². The van der Waals surface area contributed by atoms with E-state index >= 15 is 0 Å². The topological polar surface area (TPSA) is 68.3 Å². The van der Waals surface area contributed by atoms with Crippen molar-refractivity contribution in [3.05, 3.63) is 28.5 Å². The molecule has 6 heteroatoms. The Morgan fingerprint density at radius 2 is 2.19 bits per heavy atom. The first kappa shape index (κ1) is 12.4. The first-order chi connectivity index (χ1) is 7.54. The summed E-state index contributed by atoms with van der Waals surface area (Å²) in [5.41, 5.74) is 0.781. The lowest BCUT2D eigenvalue weighted by Gasteiger charge is -2.05. The monoisotopic (exact) mass is 242 g/mol. The minimum Gasteiger partial charge on any atom is -0.465 e. The van der Waals surface area contributed by atoms with E-state index in [4.69, 9.17) is 11.6 Å². The number of hydrogen-bond donors (Lipinski definition) is 1. The second kappa shape index (κ2) is 5.46. The largest absolute Gasteiger partial charge is 0.465 e. The number of ether oxygens (including phenoxy) is 1. The molecular weight excluding hydrogens is 232 g/mol. The predicted molar refractivity (Wildman–Crippen MR) is 58.1 cm³/mol. The van der Waals surface area contributed by atoms with Crippen LogP contribution in [0.15, 0.2) is 12.1 Å². The van der Waals surface area contributed by atoms with Crippen LogP contribution in [0.4, 0.5) is 0 Å². The number of carbonyl (C=O) groups is 2. The van der Waals surface area contributed by atoms with E-state index in [9.17, 15) is 9.59 Å². The van der Waals surface area contributed by atoms with Crippen molar-refractivity contribution in [2.24, 2.45) is 0 Å². The number of esters is 1. The van der Waals surface area contributed by atoms with Crippen LogP contribution in [0.2, 0.25) is 5.15 Å². The van der Waals surface area contributed by atoms with Gasteiger partial charge in [-0.05, 0) is 12.1 Å². The summed E-state index contributed by atoms with van der Waals surface area (Å²) in [6.45, 7) is 1.68. The van der Waals surface area contributed by atoms with Gasteiger partial charge in [0.25, 0.3) is 0 Å². The second-order valence-corrected chi connectivity index (χ2v) is 3.40. The molecule has 1 N–H and O–H groups in total. The Hall–Kier alpha value is -1.62. The molecule has 5 nitrogen and oxygen atoms in total. The lowest BCUT2D eigenvalue weighted by molar-refractivity contribution is -0.119. The molecule has 0 aromatic carbocycles. The van der Waals surface area contributed by atoms with Gasteiger partial charge in [0.1, 0.15) is 5.15 Å². The lowest BCUT2D eigenvalue weighted by Crippen LogP contribution is -2.19. The Morgan fingerprint density at radius 1 is 1.50 bits per heavy atom. The SMILES string of the molecule is COC(=O)c1ccc(CNC(C)=O)nc1Cl. The molecule has 0 unspecified atom stereocenters. The maximum atomic E-state index is 11.2. The number of methoxy groups -OCH3 is 1. The molecule has 16 heavy (non-hydrogen) atoms. The highest BCUT2D eigenvalue weighted by atomic mass is 35.5. The third-order valence-corrected chi connectivity index (χ3v) is 2.12. The minimum atomic E-state index is -0.538. The van der Waals surface area contributed by atoms with E-state index in [0.717, 1.165) is 0 Å². The van der Waals surface area contributed by atoms with Crippen LogP contribution < -0.4 is 5.32 Å². The fourth-order valence-electron chi connectivity index (χ4n) is 1.05. The van der Waals surface area contributed by atoms with Crippen LogP contribution in [-0.2, 0) is 16.1 Å². The zero-order chi connectivity index (χ0) is 12.1. The van der Waals surface area contributed by atoms with E-state index in [2.05, 4.69) is 15.0 Å². The lowest BCUT2D eigenvalue weighted by atomic mass is 10.2. The van der Waals surface area contributed by atoms with Crippen molar-refractivity contribution in [1.29, 1.82) is 0 Å². The van der Waals surface area contributed by atoms with E-state index in [-0.39, 0.29) is 23.2 Å². The average Bonchev–Trinajstić information content (AvgIpc) is 2.25. The first-order valence-electron chi connectivity index (χ1n) is 4.52. The molecule has 0 spiro atoms. The average molecular weight is 243 g/mol. The van der Waals surface area contributed by atoms with Crippen molar-refractivity contribution in [3.63, 3.8) is 0 Å². The molecule has 1 aromatic rings. The number of carbonyl (C=O) groups excluding carboxylic acids is 2. The summed E-state index contributed by atoms with van der Waals surface area (Å²) < 4.78 is 4.52. The van der Waals surface area contributed by atoms with Gasteiger partial charge in [0.05, 0.1) is 24.9 Å². The fraction of sp³-hybridized carbons (Fsp3) is 0.300. The third kappa shape index (κ3) is 3.20. The van der Waals surface area contributed by atoms with Gasteiger partial charge in [-0.1, -0.05) is 11.6 Å². The molecular formula is C10H11ClN2O3. The van der Waals surface area contributed by atoms with Crippen molar-refractivity contribution in [3.8, 4) is 0 Å². The van der Waals surface area contributed by atoms with Crippen LogP contribution >= 0.6 is 11.6 Å². The van der Waals surface area contributed by atoms with E-state index in [0.29, 0.717) is 5.69 Å². The van der Waals surface area contributed by atoms with Gasteiger partial charge in [-0.25, -0.2) is 9.78 Å². The van der Waals surface area contributed by atoms with Gasteiger partial charge in [0, 0.05) is 6.92 Å². The summed E-state index contributed by atoms with van der Waals surface area (Å²) in [6, 6.07) is 3.12. The maximum Gasteiger partial charge on any atom is 0.341 e. The van der Waals surface area contributed by atoms with Crippen molar-refractivity contribution < 1.29 is 14.3 Å². The van der Waals surface area contributed by atoms with E-state index < -0.39 is 5.97 Å². The molecule has 0 aliphatic heterocycles. The zero-order valence-corrected chi connectivity index (χ0v) is 9.67. The summed E-state index contributed by atoms with van der Waals surface area (Å²) in [7, 11) is 1.27. The highest BCUT2D eigenvalue weighted by Crippen LogP contribution is 2.14. The highest BCUT2D eigenvalue weighted by Gasteiger charge is 2.12. The molecule has 1 heterocycles. The number of rotatable bonds is 3. The summed E-state index contributed by atoms with van der Waals surface area (Å²) >= 11 is 5.79. The first-order valence-corrected chi connectivity index (χ1v) is 4.90. The Balaban J connectivity index is 2.82. The van der Waals surface area contributed by atoms with Crippen LogP contribution in [0.25, 0.3) is 0 Å². The predicted octanol–water partition coefficient (Wildman–Crippen LogP) is 1.16. The van der Waals surface area contributed by atoms with Crippen LogP contribution in [0.1, 0.15) is 23.0 Å². The molecule has 1 amide bonds. The molecule has 1 aromatic heterocycles. The van der Waals surface area contributed by atoms with Gasteiger partial charge in [0.2, 0.25) is 5.91 Å². The summed E-state index contributed by atoms with van der Waals surface area (Å²) in [5.74, 6) is -0.696. The minimum absolute atomic E-state index is 0.0645. The van der Waals surface area contributed by atoms with E-state index in [1.165, 1.54) is 20.1 Å². The van der Waals surface area contributed by atoms with Crippen molar-refractivity contribution in [2.75, 3.05) is 7.11 Å². The van der Waals surface area contributed by atoms with Crippen LogP contribution in [-0.4, -0.2) is 24.0 Å². The van der Waals surface area contributed by atoms with Crippen molar-refractivity contribution in [1.82, 2.24) is 10.3 Å². The molecule has 0 fully saturated rings. The molecule has 0 radical (unpaired) electrons. The second-order valence-electron chi connectivity index (χ2n) is 3.04. The number of aromatic nitrogens is 1. The van der Waals surface area contributed by atoms with Gasteiger partial charge >= 0.3 is 5.97 Å². The molecule has 1 rings (SSSR count). The standard InChI is InChI=1S/C10H11ClN2O3/c1-6(14)12-5-7-3-4-8(9(11)13-7)10(15)16-2/h3-4H,5H2,1-2H3,(H,12,14). The van der Waals surface area contributed by atoms with Gasteiger partial charge < -0.3 is 10.1 Å². The Labute approximate surface area is 97.8 Å².